The number of carbonyl (C=O) groups excluding carboxylic acids is 1. The average Bonchev–Trinajstić information content (AvgIpc) is 2.83. The van der Waals surface area contributed by atoms with Gasteiger partial charge in [-0.15, -0.1) is 0 Å². The molecule has 0 saturated carbocycles. The molecule has 0 spiro atoms. The lowest BCUT2D eigenvalue weighted by atomic mass is 10.1. The molecular formula is C27H20O4S. The summed E-state index contributed by atoms with van der Waals surface area (Å²) in [5, 5.41) is 1.29. The van der Waals surface area contributed by atoms with Crippen LogP contribution in [0.4, 0.5) is 0 Å². The number of hydrogen-bond donors (Lipinski definition) is 0. The van der Waals surface area contributed by atoms with Crippen LogP contribution in [0.3, 0.4) is 0 Å². The van der Waals surface area contributed by atoms with Crippen LogP contribution in [0, 0.1) is 0 Å². The zero-order chi connectivity index (χ0) is 22.4. The third-order valence-electron chi connectivity index (χ3n) is 4.79. The SMILES string of the molecule is O=C(C=Cc1ccccc1)C(=Cc1ccccc1)OS(=O)(=O)c1cccc2ccccc12. The quantitative estimate of drug-likeness (QED) is 0.205. The monoisotopic (exact) mass is 440 g/mol. The molecule has 0 radical (unpaired) electrons. The molecule has 0 aliphatic rings. The standard InChI is InChI=1S/C27H20O4S/c28-25(19-18-21-10-3-1-4-11-21)26(20-22-12-5-2-6-13-22)31-32(29,30)27-17-9-15-23-14-7-8-16-24(23)27/h1-20H. The molecular weight excluding hydrogens is 420 g/mol. The van der Waals surface area contributed by atoms with Gasteiger partial charge in [0, 0.05) is 5.39 Å². The van der Waals surface area contributed by atoms with Crippen molar-refractivity contribution in [3.8, 4) is 0 Å². The van der Waals surface area contributed by atoms with Crippen molar-refractivity contribution >= 4 is 38.8 Å². The summed E-state index contributed by atoms with van der Waals surface area (Å²) in [5.41, 5.74) is 1.47. The smallest absolute Gasteiger partial charge is 0.339 e. The summed E-state index contributed by atoms with van der Waals surface area (Å²) in [5.74, 6) is -0.835. The van der Waals surface area contributed by atoms with Crippen molar-refractivity contribution in [3.63, 3.8) is 0 Å². The van der Waals surface area contributed by atoms with Crippen molar-refractivity contribution in [3.05, 3.63) is 126 Å². The molecule has 4 nitrogen and oxygen atoms in total. The fourth-order valence-corrected chi connectivity index (χ4v) is 4.39. The van der Waals surface area contributed by atoms with Gasteiger partial charge in [0.2, 0.25) is 5.78 Å². The lowest BCUT2D eigenvalue weighted by Crippen LogP contribution is -2.12. The Morgan fingerprint density at radius 1 is 0.688 bits per heavy atom. The molecule has 158 valence electrons. The molecule has 0 saturated heterocycles. The highest BCUT2D eigenvalue weighted by atomic mass is 32.2. The molecule has 0 atom stereocenters. The summed E-state index contributed by atoms with van der Waals surface area (Å²) in [6.07, 6.45) is 4.36. The molecule has 0 amide bonds. The second kappa shape index (κ2) is 9.45. The van der Waals surface area contributed by atoms with Crippen molar-refractivity contribution in [1.82, 2.24) is 0 Å². The van der Waals surface area contributed by atoms with Gasteiger partial charge in [0.05, 0.1) is 0 Å². The topological polar surface area (TPSA) is 60.4 Å². The molecule has 32 heavy (non-hydrogen) atoms. The summed E-state index contributed by atoms with van der Waals surface area (Å²) in [6.45, 7) is 0. The lowest BCUT2D eigenvalue weighted by Gasteiger charge is -2.11. The Bertz CT molecular complexity index is 1400. The summed E-state index contributed by atoms with van der Waals surface area (Å²) in [6, 6.07) is 30.3. The third kappa shape index (κ3) is 5.02. The van der Waals surface area contributed by atoms with Crippen molar-refractivity contribution in [2.75, 3.05) is 0 Å². The minimum absolute atomic E-state index is 0.00870. The van der Waals surface area contributed by atoms with E-state index in [9.17, 15) is 13.2 Å². The van der Waals surface area contributed by atoms with Gasteiger partial charge < -0.3 is 4.18 Å². The molecule has 0 aromatic heterocycles. The summed E-state index contributed by atoms with van der Waals surface area (Å²) < 4.78 is 31.8. The van der Waals surface area contributed by atoms with E-state index in [2.05, 4.69) is 0 Å². The van der Waals surface area contributed by atoms with Gasteiger partial charge in [0.25, 0.3) is 0 Å². The molecule has 0 N–H and O–H groups in total. The van der Waals surface area contributed by atoms with Crippen LogP contribution in [0.2, 0.25) is 0 Å². The first-order chi connectivity index (χ1) is 15.5. The van der Waals surface area contributed by atoms with E-state index in [0.717, 1.165) is 10.9 Å². The Kier molecular flexibility index (Phi) is 6.29. The fourth-order valence-electron chi connectivity index (χ4n) is 3.23. The average molecular weight is 441 g/mol. The van der Waals surface area contributed by atoms with E-state index in [1.165, 1.54) is 18.2 Å². The van der Waals surface area contributed by atoms with Crippen LogP contribution >= 0.6 is 0 Å². The highest BCUT2D eigenvalue weighted by molar-refractivity contribution is 7.87. The van der Waals surface area contributed by atoms with E-state index in [0.29, 0.717) is 10.9 Å². The Balaban J connectivity index is 1.72. The number of hydrogen-bond acceptors (Lipinski definition) is 4. The van der Waals surface area contributed by atoms with Gasteiger partial charge in [-0.1, -0.05) is 103 Å². The van der Waals surface area contributed by atoms with Gasteiger partial charge in [0.1, 0.15) is 4.90 Å². The maximum atomic E-state index is 13.2. The van der Waals surface area contributed by atoms with Crippen LogP contribution in [0.15, 0.2) is 120 Å². The number of ketones is 1. The normalized spacial score (nSPS) is 12.2. The Morgan fingerprint density at radius 3 is 2.00 bits per heavy atom. The molecule has 0 unspecified atom stereocenters. The van der Waals surface area contributed by atoms with E-state index in [-0.39, 0.29) is 10.7 Å². The molecule has 4 aromatic carbocycles. The first kappa shape index (κ1) is 21.3. The summed E-state index contributed by atoms with van der Waals surface area (Å²) >= 11 is 0. The maximum absolute atomic E-state index is 13.2. The third-order valence-corrected chi connectivity index (χ3v) is 6.08. The van der Waals surface area contributed by atoms with Crippen molar-refractivity contribution in [2.45, 2.75) is 4.90 Å². The molecule has 0 heterocycles. The minimum Gasteiger partial charge on any atom is -0.375 e. The number of allylic oxidation sites excluding steroid dienone is 1. The lowest BCUT2D eigenvalue weighted by molar-refractivity contribution is -0.113. The largest absolute Gasteiger partial charge is 0.375 e. The van der Waals surface area contributed by atoms with Gasteiger partial charge in [-0.3, -0.25) is 4.79 Å². The highest BCUT2D eigenvalue weighted by Crippen LogP contribution is 2.26. The van der Waals surface area contributed by atoms with Crippen LogP contribution in [-0.4, -0.2) is 14.2 Å². The van der Waals surface area contributed by atoms with E-state index in [1.807, 2.05) is 54.6 Å². The van der Waals surface area contributed by atoms with Crippen LogP contribution in [0.25, 0.3) is 22.9 Å². The molecule has 0 aliphatic heterocycles. The van der Waals surface area contributed by atoms with Gasteiger partial charge in [-0.05, 0) is 34.7 Å². The molecule has 5 heteroatoms. The highest BCUT2D eigenvalue weighted by Gasteiger charge is 2.23. The second-order valence-electron chi connectivity index (χ2n) is 7.04. The first-order valence-corrected chi connectivity index (χ1v) is 11.4. The second-order valence-corrected chi connectivity index (χ2v) is 8.56. The fraction of sp³-hybridized carbons (Fsp3) is 0. The van der Waals surface area contributed by atoms with Crippen molar-refractivity contribution < 1.29 is 17.4 Å². The molecule has 0 fully saturated rings. The summed E-state index contributed by atoms with van der Waals surface area (Å²) in [7, 11) is -4.26. The molecule has 4 aromatic rings. The number of rotatable bonds is 7. The van der Waals surface area contributed by atoms with Crippen LogP contribution in [0.1, 0.15) is 11.1 Å². The first-order valence-electron chi connectivity index (χ1n) is 9.99. The molecule has 0 bridgehead atoms. The molecule has 4 rings (SSSR count). The van der Waals surface area contributed by atoms with Crippen molar-refractivity contribution in [1.29, 1.82) is 0 Å². The minimum atomic E-state index is -4.26. The van der Waals surface area contributed by atoms with Gasteiger partial charge >= 0.3 is 10.1 Å². The van der Waals surface area contributed by atoms with E-state index < -0.39 is 15.9 Å². The maximum Gasteiger partial charge on any atom is 0.339 e. The van der Waals surface area contributed by atoms with Crippen molar-refractivity contribution in [2.24, 2.45) is 0 Å². The van der Waals surface area contributed by atoms with Crippen LogP contribution in [-0.2, 0) is 19.1 Å². The predicted octanol–water partition coefficient (Wildman–Crippen LogP) is 5.87. The Labute approximate surface area is 187 Å². The predicted molar refractivity (Wildman–Crippen MR) is 127 cm³/mol. The van der Waals surface area contributed by atoms with Crippen LogP contribution < -0.4 is 0 Å². The molecule has 0 aliphatic carbocycles. The summed E-state index contributed by atoms with van der Waals surface area (Å²) in [4.78, 5) is 13.0. The van der Waals surface area contributed by atoms with Crippen LogP contribution in [0.5, 0.6) is 0 Å². The van der Waals surface area contributed by atoms with Gasteiger partial charge in [-0.25, -0.2) is 0 Å². The zero-order valence-corrected chi connectivity index (χ0v) is 17.9. The zero-order valence-electron chi connectivity index (χ0n) is 17.1. The Morgan fingerprint density at radius 2 is 1.28 bits per heavy atom. The van der Waals surface area contributed by atoms with E-state index >= 15 is 0 Å². The number of fused-ring (bicyclic) bond motifs is 1. The van der Waals surface area contributed by atoms with E-state index in [4.69, 9.17) is 4.18 Å². The van der Waals surface area contributed by atoms with E-state index in [1.54, 1.807) is 48.5 Å². The number of carbonyl (C=O) groups is 1. The Hall–Kier alpha value is -3.96. The van der Waals surface area contributed by atoms with Gasteiger partial charge in [-0.2, -0.15) is 8.42 Å². The number of benzene rings is 4. The van der Waals surface area contributed by atoms with Gasteiger partial charge in [0.15, 0.2) is 5.76 Å².